The molecule has 4 rings (SSSR count). The van der Waals surface area contributed by atoms with Crippen LogP contribution in [0.4, 0.5) is 0 Å². The van der Waals surface area contributed by atoms with Gasteiger partial charge in [0.25, 0.3) is 0 Å². The summed E-state index contributed by atoms with van der Waals surface area (Å²) in [7, 11) is 0. The van der Waals surface area contributed by atoms with E-state index >= 15 is 0 Å². The fraction of sp³-hybridized carbons (Fsp3) is 0.931. The standard InChI is InChI=1S/C29H50O/c1-7-21(19(2)3)9-8-20(4)25-12-13-26-24-11-10-22-18-23(30)14-16-28(22,5)27(24)15-17-29(25,26)6/h10,19-21,23-27,30H,7-9,11-18H2,1-6H3/t20-,21?,23+,24+,25?,26+,27+,28+,29-/m1/s1. The lowest BCUT2D eigenvalue weighted by molar-refractivity contribution is -0.0575. The van der Waals surface area contributed by atoms with E-state index in [4.69, 9.17) is 0 Å². The predicted octanol–water partition coefficient (Wildman–Crippen LogP) is 8.02. The number of fused-ring (bicyclic) bond motifs is 5. The van der Waals surface area contributed by atoms with Crippen molar-refractivity contribution in [2.24, 2.45) is 52.3 Å². The van der Waals surface area contributed by atoms with Crippen molar-refractivity contribution in [2.45, 2.75) is 118 Å². The second-order valence-electron chi connectivity index (χ2n) is 12.9. The number of hydrogen-bond acceptors (Lipinski definition) is 1. The molecule has 30 heavy (non-hydrogen) atoms. The molecule has 4 aliphatic rings. The summed E-state index contributed by atoms with van der Waals surface area (Å²) in [4.78, 5) is 0. The first kappa shape index (κ1) is 22.9. The zero-order valence-electron chi connectivity index (χ0n) is 20.9. The van der Waals surface area contributed by atoms with Crippen molar-refractivity contribution < 1.29 is 5.11 Å². The zero-order valence-corrected chi connectivity index (χ0v) is 20.9. The molecule has 4 aliphatic carbocycles. The zero-order chi connectivity index (χ0) is 21.7. The van der Waals surface area contributed by atoms with Gasteiger partial charge in [-0.25, -0.2) is 0 Å². The lowest BCUT2D eigenvalue weighted by Gasteiger charge is -2.58. The molecule has 3 saturated carbocycles. The second-order valence-corrected chi connectivity index (χ2v) is 12.9. The number of aliphatic hydroxyl groups excluding tert-OH is 1. The van der Waals surface area contributed by atoms with E-state index in [9.17, 15) is 5.11 Å². The summed E-state index contributed by atoms with van der Waals surface area (Å²) >= 11 is 0. The van der Waals surface area contributed by atoms with E-state index in [1.165, 1.54) is 57.8 Å². The summed E-state index contributed by atoms with van der Waals surface area (Å²) in [5.74, 6) is 6.31. The van der Waals surface area contributed by atoms with Gasteiger partial charge in [-0.3, -0.25) is 0 Å². The summed E-state index contributed by atoms with van der Waals surface area (Å²) < 4.78 is 0. The van der Waals surface area contributed by atoms with Gasteiger partial charge in [0, 0.05) is 0 Å². The third-order valence-corrected chi connectivity index (χ3v) is 11.3. The van der Waals surface area contributed by atoms with Crippen molar-refractivity contribution in [1.29, 1.82) is 0 Å². The number of rotatable bonds is 6. The summed E-state index contributed by atoms with van der Waals surface area (Å²) in [5.41, 5.74) is 2.59. The maximum Gasteiger partial charge on any atom is 0.0577 e. The molecule has 0 aliphatic heterocycles. The number of aliphatic hydroxyl groups is 1. The highest BCUT2D eigenvalue weighted by atomic mass is 16.3. The van der Waals surface area contributed by atoms with Gasteiger partial charge in [0.1, 0.15) is 0 Å². The Morgan fingerprint density at radius 3 is 2.47 bits per heavy atom. The highest BCUT2D eigenvalue weighted by Crippen LogP contribution is 2.67. The summed E-state index contributed by atoms with van der Waals surface area (Å²) in [6.45, 7) is 15.1. The van der Waals surface area contributed by atoms with Crippen LogP contribution in [0.1, 0.15) is 112 Å². The van der Waals surface area contributed by atoms with Gasteiger partial charge in [-0.05, 0) is 110 Å². The molecule has 1 heteroatoms. The first-order chi connectivity index (χ1) is 14.2. The average molecular weight is 415 g/mol. The Labute approximate surface area is 187 Å². The Kier molecular flexibility index (Phi) is 6.53. The molecule has 3 fully saturated rings. The van der Waals surface area contributed by atoms with Gasteiger partial charge in [0.15, 0.2) is 0 Å². The first-order valence-corrected chi connectivity index (χ1v) is 13.6. The first-order valence-electron chi connectivity index (χ1n) is 13.6. The molecule has 0 spiro atoms. The SMILES string of the molecule is CCC(CC[C@@H](C)C1CC[C@H]2[C@@H]3CC=C4C[C@@H](O)CC[C@]4(C)[C@H]3CC[C@]12C)C(C)C. The Balaban J connectivity index is 1.47. The fourth-order valence-electron chi connectivity index (χ4n) is 9.30. The molecular weight excluding hydrogens is 364 g/mol. The minimum Gasteiger partial charge on any atom is -0.393 e. The van der Waals surface area contributed by atoms with Gasteiger partial charge in [0.05, 0.1) is 6.10 Å². The van der Waals surface area contributed by atoms with Gasteiger partial charge in [0.2, 0.25) is 0 Å². The third kappa shape index (κ3) is 3.74. The van der Waals surface area contributed by atoms with Crippen molar-refractivity contribution >= 4 is 0 Å². The van der Waals surface area contributed by atoms with Crippen LogP contribution in [0.15, 0.2) is 11.6 Å². The van der Waals surface area contributed by atoms with E-state index in [1.54, 1.807) is 5.57 Å². The number of hydrogen-bond donors (Lipinski definition) is 1. The van der Waals surface area contributed by atoms with Crippen LogP contribution >= 0.6 is 0 Å². The minimum atomic E-state index is -0.0794. The molecule has 1 N–H and O–H groups in total. The van der Waals surface area contributed by atoms with E-state index in [2.05, 4.69) is 47.6 Å². The molecule has 0 saturated heterocycles. The van der Waals surface area contributed by atoms with E-state index in [1.807, 2.05) is 0 Å². The van der Waals surface area contributed by atoms with Crippen molar-refractivity contribution in [1.82, 2.24) is 0 Å². The largest absolute Gasteiger partial charge is 0.393 e. The Morgan fingerprint density at radius 2 is 1.77 bits per heavy atom. The van der Waals surface area contributed by atoms with Gasteiger partial charge < -0.3 is 5.11 Å². The molecule has 2 unspecified atom stereocenters. The highest BCUT2D eigenvalue weighted by molar-refractivity contribution is 5.25. The molecule has 0 bridgehead atoms. The summed E-state index contributed by atoms with van der Waals surface area (Å²) in [5, 5.41) is 10.2. The van der Waals surface area contributed by atoms with Crippen LogP contribution in [-0.2, 0) is 0 Å². The van der Waals surface area contributed by atoms with Crippen molar-refractivity contribution in [3.63, 3.8) is 0 Å². The van der Waals surface area contributed by atoms with E-state index in [0.717, 1.165) is 54.3 Å². The minimum absolute atomic E-state index is 0.0794. The van der Waals surface area contributed by atoms with Crippen LogP contribution in [0.25, 0.3) is 0 Å². The second kappa shape index (κ2) is 8.57. The predicted molar refractivity (Wildman–Crippen MR) is 128 cm³/mol. The Morgan fingerprint density at radius 1 is 1.00 bits per heavy atom. The molecule has 0 aromatic carbocycles. The molecular formula is C29H50O. The van der Waals surface area contributed by atoms with Crippen LogP contribution in [0.3, 0.4) is 0 Å². The third-order valence-electron chi connectivity index (χ3n) is 11.3. The van der Waals surface area contributed by atoms with Crippen LogP contribution in [0.5, 0.6) is 0 Å². The maximum atomic E-state index is 10.2. The quantitative estimate of drug-likeness (QED) is 0.436. The monoisotopic (exact) mass is 414 g/mol. The van der Waals surface area contributed by atoms with Crippen molar-refractivity contribution in [3.8, 4) is 0 Å². The molecule has 0 heterocycles. The van der Waals surface area contributed by atoms with Crippen LogP contribution in [0.2, 0.25) is 0 Å². The fourth-order valence-corrected chi connectivity index (χ4v) is 9.30. The lowest BCUT2D eigenvalue weighted by atomic mass is 9.47. The molecule has 0 radical (unpaired) electrons. The van der Waals surface area contributed by atoms with Gasteiger partial charge in [-0.15, -0.1) is 0 Å². The normalized spacial score (nSPS) is 45.3. The molecule has 172 valence electrons. The molecule has 9 atom stereocenters. The highest BCUT2D eigenvalue weighted by Gasteiger charge is 2.59. The van der Waals surface area contributed by atoms with Gasteiger partial charge in [-0.1, -0.05) is 66.0 Å². The smallest absolute Gasteiger partial charge is 0.0577 e. The average Bonchev–Trinajstić information content (AvgIpc) is 3.06. The number of allylic oxidation sites excluding steroid dienone is 1. The van der Waals surface area contributed by atoms with Crippen molar-refractivity contribution in [2.75, 3.05) is 0 Å². The van der Waals surface area contributed by atoms with Gasteiger partial charge in [-0.2, -0.15) is 0 Å². The maximum absolute atomic E-state index is 10.2. The topological polar surface area (TPSA) is 20.2 Å². The van der Waals surface area contributed by atoms with E-state index in [0.29, 0.717) is 10.8 Å². The Bertz CT molecular complexity index is 634. The van der Waals surface area contributed by atoms with Crippen LogP contribution in [0, 0.1) is 52.3 Å². The summed E-state index contributed by atoms with van der Waals surface area (Å²) in [6.07, 6.45) is 17.1. The van der Waals surface area contributed by atoms with E-state index < -0.39 is 0 Å². The lowest BCUT2D eigenvalue weighted by Crippen LogP contribution is -2.50. The van der Waals surface area contributed by atoms with Crippen LogP contribution < -0.4 is 0 Å². The van der Waals surface area contributed by atoms with Crippen LogP contribution in [-0.4, -0.2) is 11.2 Å². The summed E-state index contributed by atoms with van der Waals surface area (Å²) in [6, 6.07) is 0. The van der Waals surface area contributed by atoms with E-state index in [-0.39, 0.29) is 6.10 Å². The van der Waals surface area contributed by atoms with Gasteiger partial charge >= 0.3 is 0 Å². The molecule has 0 aromatic heterocycles. The van der Waals surface area contributed by atoms with Crippen molar-refractivity contribution in [3.05, 3.63) is 11.6 Å². The molecule has 0 aromatic rings. The Hall–Kier alpha value is -0.300. The molecule has 1 nitrogen and oxygen atoms in total. The molecule has 0 amide bonds.